The normalized spacial score (nSPS) is 13.7. The van der Waals surface area contributed by atoms with Crippen LogP contribution >= 0.6 is 0 Å². The number of nitrogens with zero attached hydrogens (tertiary/aromatic N) is 2. The van der Waals surface area contributed by atoms with Crippen LogP contribution in [0.5, 0.6) is 0 Å². The maximum absolute atomic E-state index is 4.32. The van der Waals surface area contributed by atoms with Gasteiger partial charge in [0.05, 0.1) is 6.42 Å². The van der Waals surface area contributed by atoms with Gasteiger partial charge in [-0.1, -0.05) is 197 Å². The first-order valence-electron chi connectivity index (χ1n) is 17.3. The Morgan fingerprint density at radius 3 is 1.05 bits per heavy atom. The first kappa shape index (κ1) is 34.2. The van der Waals surface area contributed by atoms with Crippen LogP contribution in [0.3, 0.4) is 0 Å². The Hall–Kier alpha value is -0.790. The van der Waals surface area contributed by atoms with Crippen LogP contribution in [0, 0.1) is 12.1 Å². The highest BCUT2D eigenvalue weighted by Crippen LogP contribution is 2.25. The molecule has 0 spiro atoms. The molecule has 1 rings (SSSR count). The molecule has 1 aliphatic heterocycles. The molecule has 0 radical (unpaired) electrons. The minimum Gasteiger partial charge on any atom is -0.0968 e. The number of unbranched alkanes of at least 4 members (excludes halogenated alkanes) is 22. The topological polar surface area (TPSA) is 24.7 Å². The molecule has 0 N–H and O–H groups in total. The number of rotatable bonds is 30. The minimum atomic E-state index is 0.979. The zero-order valence-electron chi connectivity index (χ0n) is 25.6. The monoisotopic (exact) mass is 516 g/mol. The van der Waals surface area contributed by atoms with Crippen molar-refractivity contribution in [2.75, 3.05) is 0 Å². The van der Waals surface area contributed by atoms with Crippen molar-refractivity contribution >= 4 is 12.4 Å². The van der Waals surface area contributed by atoms with Gasteiger partial charge in [-0.05, 0) is 12.3 Å². The van der Waals surface area contributed by atoms with Crippen molar-refractivity contribution in [2.45, 2.75) is 200 Å². The van der Waals surface area contributed by atoms with Gasteiger partial charge in [0.1, 0.15) is 0 Å². The van der Waals surface area contributed by atoms with Crippen molar-refractivity contribution in [3.05, 3.63) is 6.17 Å². The average Bonchev–Trinajstić information content (AvgIpc) is 3.43. The molecule has 0 aliphatic carbocycles. The summed E-state index contributed by atoms with van der Waals surface area (Å²) in [6, 6.07) is 0. The van der Waals surface area contributed by atoms with Gasteiger partial charge in [0, 0.05) is 0 Å². The van der Waals surface area contributed by atoms with E-state index in [2.05, 4.69) is 23.8 Å². The second-order valence-electron chi connectivity index (χ2n) is 12.1. The van der Waals surface area contributed by atoms with Crippen molar-refractivity contribution in [1.82, 2.24) is 0 Å². The fourth-order valence-electron chi connectivity index (χ4n) is 5.92. The molecule has 0 amide bonds. The largest absolute Gasteiger partial charge is 0.240 e. The molecular weight excluding hydrogens is 448 g/mol. The third-order valence-electron chi connectivity index (χ3n) is 8.46. The fourth-order valence-corrected chi connectivity index (χ4v) is 5.92. The van der Waals surface area contributed by atoms with Gasteiger partial charge >= 0.3 is 0 Å². The van der Waals surface area contributed by atoms with Crippen molar-refractivity contribution in [1.29, 1.82) is 0 Å². The zero-order valence-corrected chi connectivity index (χ0v) is 25.6. The summed E-state index contributed by atoms with van der Waals surface area (Å²) in [7, 11) is 0. The Kier molecular flexibility index (Phi) is 26.1. The van der Waals surface area contributed by atoms with E-state index >= 15 is 0 Å². The van der Waals surface area contributed by atoms with E-state index in [1.165, 1.54) is 180 Å². The molecule has 1 aliphatic rings. The quantitative estimate of drug-likeness (QED) is 0.0671. The van der Waals surface area contributed by atoms with Gasteiger partial charge in [0.25, 0.3) is 0 Å². The van der Waals surface area contributed by atoms with Gasteiger partial charge in [0.15, 0.2) is 12.4 Å². The fraction of sp³-hybridized carbons (Fsp3) is 0.914. The van der Waals surface area contributed by atoms with E-state index in [0.717, 1.165) is 18.5 Å². The summed E-state index contributed by atoms with van der Waals surface area (Å²) in [5.74, 6) is 0.979. The van der Waals surface area contributed by atoms with Crippen LogP contribution in [0.15, 0.2) is 9.98 Å². The summed E-state index contributed by atoms with van der Waals surface area (Å²) >= 11 is 0. The number of hydrogen-bond acceptors (Lipinski definition) is 2. The van der Waals surface area contributed by atoms with Crippen LogP contribution in [0.4, 0.5) is 0 Å². The van der Waals surface area contributed by atoms with Crippen molar-refractivity contribution in [2.24, 2.45) is 15.9 Å². The maximum Gasteiger partial charge on any atom is 0.240 e. The van der Waals surface area contributed by atoms with E-state index in [9.17, 15) is 0 Å². The third-order valence-corrected chi connectivity index (χ3v) is 8.46. The van der Waals surface area contributed by atoms with Gasteiger partial charge in [-0.15, -0.1) is 0 Å². The summed E-state index contributed by atoms with van der Waals surface area (Å²) in [5.41, 5.74) is 0. The molecule has 0 fully saturated rings. The Bertz CT molecular complexity index is 485. The molecule has 2 nitrogen and oxygen atoms in total. The van der Waals surface area contributed by atoms with E-state index < -0.39 is 0 Å². The summed E-state index contributed by atoms with van der Waals surface area (Å²) < 4.78 is 0. The molecule has 1 unspecified atom stereocenters. The zero-order chi connectivity index (χ0) is 26.5. The summed E-state index contributed by atoms with van der Waals surface area (Å²) in [6.45, 7) is 4.62. The molecule has 0 saturated carbocycles. The van der Waals surface area contributed by atoms with E-state index in [0.29, 0.717) is 0 Å². The molecular formula is C35H67N2+. The lowest BCUT2D eigenvalue weighted by Crippen LogP contribution is -2.02. The lowest BCUT2D eigenvalue weighted by molar-refractivity contribution is 0.366. The Morgan fingerprint density at radius 2 is 0.703 bits per heavy atom. The van der Waals surface area contributed by atoms with Crippen LogP contribution in [0.2, 0.25) is 0 Å². The van der Waals surface area contributed by atoms with Crippen molar-refractivity contribution < 1.29 is 0 Å². The van der Waals surface area contributed by atoms with E-state index in [1.54, 1.807) is 0 Å². The van der Waals surface area contributed by atoms with Crippen molar-refractivity contribution in [3.63, 3.8) is 0 Å². The van der Waals surface area contributed by atoms with Gasteiger partial charge < -0.3 is 0 Å². The average molecular weight is 516 g/mol. The molecule has 0 saturated heterocycles. The molecule has 0 aromatic rings. The Labute approximate surface area is 234 Å². The van der Waals surface area contributed by atoms with E-state index in [-0.39, 0.29) is 0 Å². The molecule has 0 aromatic heterocycles. The van der Waals surface area contributed by atoms with Gasteiger partial charge in [-0.25, -0.2) is 0 Å². The first-order chi connectivity index (χ1) is 18.4. The SMILES string of the molecule is CCCCCCCCCCCCCCCCCC(CCCCCCCCC)CCCCC[C+]1N=CC=N1. The standard InChI is InChI=1S/C35H67N2/c1-3-5-7-9-11-12-13-14-15-16-17-18-20-22-25-29-34(28-24-21-19-10-8-6-4-2)30-26-23-27-31-35-36-32-33-37-35/h32-34H,3-31H2,1-2H3/q+1. The van der Waals surface area contributed by atoms with Crippen LogP contribution in [0.1, 0.15) is 200 Å². The summed E-state index contributed by atoms with van der Waals surface area (Å²) in [5, 5.41) is 0. The van der Waals surface area contributed by atoms with Crippen LogP contribution in [0.25, 0.3) is 0 Å². The molecule has 2 heteroatoms. The highest BCUT2D eigenvalue weighted by Gasteiger charge is 2.15. The predicted octanol–water partition coefficient (Wildman–Crippen LogP) is 12.6. The Morgan fingerprint density at radius 1 is 0.405 bits per heavy atom. The van der Waals surface area contributed by atoms with Gasteiger partial charge in [-0.3, -0.25) is 0 Å². The molecule has 1 atom stereocenters. The lowest BCUT2D eigenvalue weighted by atomic mass is 9.89. The van der Waals surface area contributed by atoms with Crippen LogP contribution in [-0.2, 0) is 0 Å². The molecule has 0 aromatic carbocycles. The number of hydrogen-bond donors (Lipinski definition) is 0. The molecule has 37 heavy (non-hydrogen) atoms. The summed E-state index contributed by atoms with van der Waals surface area (Å²) in [6.07, 6.45) is 46.3. The number of aliphatic imine (C=N–C) groups is 2. The maximum atomic E-state index is 4.32. The van der Waals surface area contributed by atoms with E-state index in [4.69, 9.17) is 0 Å². The molecule has 0 bridgehead atoms. The van der Waals surface area contributed by atoms with Crippen LogP contribution < -0.4 is 0 Å². The van der Waals surface area contributed by atoms with Crippen molar-refractivity contribution in [3.8, 4) is 0 Å². The predicted molar refractivity (Wildman–Crippen MR) is 169 cm³/mol. The summed E-state index contributed by atoms with van der Waals surface area (Å²) in [4.78, 5) is 8.64. The third kappa shape index (κ3) is 24.0. The second-order valence-corrected chi connectivity index (χ2v) is 12.1. The minimum absolute atomic E-state index is 0.979. The van der Waals surface area contributed by atoms with Crippen LogP contribution in [-0.4, -0.2) is 12.4 Å². The second kappa shape index (κ2) is 28.2. The van der Waals surface area contributed by atoms with Gasteiger partial charge in [0.2, 0.25) is 6.17 Å². The Balaban J connectivity index is 2.01. The highest BCUT2D eigenvalue weighted by molar-refractivity contribution is 6.18. The molecule has 216 valence electrons. The van der Waals surface area contributed by atoms with E-state index in [1.807, 2.05) is 12.4 Å². The lowest BCUT2D eigenvalue weighted by Gasteiger charge is -2.17. The van der Waals surface area contributed by atoms with Gasteiger partial charge in [-0.2, -0.15) is 0 Å². The smallest absolute Gasteiger partial charge is 0.0968 e. The first-order valence-corrected chi connectivity index (χ1v) is 17.3. The molecule has 1 heterocycles. The highest BCUT2D eigenvalue weighted by atomic mass is 15.0.